The van der Waals surface area contributed by atoms with E-state index in [9.17, 15) is 35.5 Å². The van der Waals surface area contributed by atoms with Gasteiger partial charge in [0.15, 0.2) is 0 Å². The van der Waals surface area contributed by atoms with Gasteiger partial charge < -0.3 is 19.3 Å². The van der Waals surface area contributed by atoms with E-state index in [1.165, 1.54) is 39.2 Å². The number of hydrogen-bond donors (Lipinski definition) is 0. The third-order valence-corrected chi connectivity index (χ3v) is 6.23. The highest BCUT2D eigenvalue weighted by molar-refractivity contribution is 6.01. The minimum absolute atomic E-state index is 0.00643. The number of carbonyl (C=O) groups excluding carboxylic acids is 1. The molecule has 0 atom stereocenters. The molecule has 3 aromatic rings. The maximum absolute atomic E-state index is 13.7. The Morgan fingerprint density at radius 3 is 1.95 bits per heavy atom. The lowest BCUT2D eigenvalue weighted by Crippen LogP contribution is -2.42. The Labute approximate surface area is 237 Å². The summed E-state index contributed by atoms with van der Waals surface area (Å²) in [5.41, 5.74) is -5.55. The van der Waals surface area contributed by atoms with Crippen molar-refractivity contribution in [3.8, 4) is 17.6 Å². The summed E-state index contributed by atoms with van der Waals surface area (Å²) in [6.45, 7) is 3.36. The average Bonchev–Trinajstić information content (AvgIpc) is 2.90. The summed E-state index contributed by atoms with van der Waals surface area (Å²) in [6, 6.07) is 5.75. The van der Waals surface area contributed by atoms with Crippen LogP contribution in [-0.2, 0) is 22.6 Å². The summed E-state index contributed by atoms with van der Waals surface area (Å²) in [7, 11) is 5.02. The van der Waals surface area contributed by atoms with Crippen molar-refractivity contribution in [1.82, 2.24) is 14.9 Å². The van der Waals surface area contributed by atoms with Gasteiger partial charge in [-0.2, -0.15) is 31.3 Å². The minimum Gasteiger partial charge on any atom is -0.463 e. The van der Waals surface area contributed by atoms with Crippen LogP contribution in [0.2, 0.25) is 0 Å². The molecular formula is C28H29F7N4O3. The van der Waals surface area contributed by atoms with Crippen molar-refractivity contribution in [2.45, 2.75) is 38.0 Å². The van der Waals surface area contributed by atoms with Gasteiger partial charge in [-0.3, -0.25) is 4.79 Å². The zero-order valence-corrected chi connectivity index (χ0v) is 23.4. The first-order chi connectivity index (χ1) is 19.4. The molecule has 0 aliphatic carbocycles. The zero-order valence-electron chi connectivity index (χ0n) is 23.4. The molecule has 7 nitrogen and oxygen atoms in total. The van der Waals surface area contributed by atoms with Gasteiger partial charge in [0.2, 0.25) is 11.8 Å². The summed E-state index contributed by atoms with van der Waals surface area (Å²) in [6.07, 6.45) is -8.37. The third kappa shape index (κ3) is 8.08. The quantitative estimate of drug-likeness (QED) is 0.190. The average molecular weight is 603 g/mol. The van der Waals surface area contributed by atoms with Crippen LogP contribution in [0.5, 0.6) is 17.6 Å². The molecule has 0 aliphatic heterocycles. The summed E-state index contributed by atoms with van der Waals surface area (Å²) >= 11 is 0. The number of hydrogen-bond acceptors (Lipinski definition) is 6. The second kappa shape index (κ2) is 12.5. The molecule has 0 saturated carbocycles. The predicted octanol–water partition coefficient (Wildman–Crippen LogP) is 6.72. The summed E-state index contributed by atoms with van der Waals surface area (Å²) < 4.78 is 106. The summed E-state index contributed by atoms with van der Waals surface area (Å²) in [5, 5.41) is 0. The van der Waals surface area contributed by atoms with Crippen LogP contribution >= 0.6 is 0 Å². The van der Waals surface area contributed by atoms with E-state index in [4.69, 9.17) is 9.47 Å². The summed E-state index contributed by atoms with van der Waals surface area (Å²) in [5.74, 6) is -1.51. The molecule has 14 heteroatoms. The first-order valence-corrected chi connectivity index (χ1v) is 12.6. The number of carbonyl (C=O) groups is 1. The van der Waals surface area contributed by atoms with Crippen LogP contribution in [0.25, 0.3) is 0 Å². The molecule has 0 aliphatic rings. The minimum atomic E-state index is -5.09. The topological polar surface area (TPSA) is 67.8 Å². The first-order valence-electron chi connectivity index (χ1n) is 12.6. The van der Waals surface area contributed by atoms with Crippen LogP contribution in [0.15, 0.2) is 48.7 Å². The fourth-order valence-corrected chi connectivity index (χ4v) is 3.85. The molecule has 0 spiro atoms. The second-order valence-corrected chi connectivity index (χ2v) is 10.2. The highest BCUT2D eigenvalue weighted by Gasteiger charge is 2.41. The van der Waals surface area contributed by atoms with Gasteiger partial charge in [0, 0.05) is 13.6 Å². The van der Waals surface area contributed by atoms with Gasteiger partial charge in [-0.25, -0.2) is 9.37 Å². The van der Waals surface area contributed by atoms with Crippen LogP contribution in [0, 0.1) is 5.82 Å². The zero-order chi connectivity index (χ0) is 31.5. The van der Waals surface area contributed by atoms with Crippen molar-refractivity contribution in [1.29, 1.82) is 0 Å². The standard InChI is InChI=1S/C28H29F7N4O3/c1-26(2,17-13-18(27(30,31)32)15-19(14-17)28(33,34)35)24(40)39(5)22-16-36-25(41-12-6-11-38(3)4)37-23(22)42-21-9-7-20(29)8-10-21/h7-10,13-16H,6,11-12H2,1-5H3. The lowest BCUT2D eigenvalue weighted by molar-refractivity contribution is -0.143. The highest BCUT2D eigenvalue weighted by atomic mass is 19.4. The van der Waals surface area contributed by atoms with E-state index in [-0.39, 0.29) is 36.0 Å². The molecule has 3 rings (SSSR count). The predicted molar refractivity (Wildman–Crippen MR) is 140 cm³/mol. The van der Waals surface area contributed by atoms with Crippen molar-refractivity contribution in [3.63, 3.8) is 0 Å². The Hall–Kier alpha value is -3.94. The third-order valence-electron chi connectivity index (χ3n) is 6.23. The molecule has 0 saturated heterocycles. The highest BCUT2D eigenvalue weighted by Crippen LogP contribution is 2.40. The Kier molecular flexibility index (Phi) is 9.70. The second-order valence-electron chi connectivity index (χ2n) is 10.2. The van der Waals surface area contributed by atoms with Crippen molar-refractivity contribution in [2.24, 2.45) is 0 Å². The molecule has 1 aromatic heterocycles. The van der Waals surface area contributed by atoms with Gasteiger partial charge in [0.25, 0.3) is 0 Å². The Morgan fingerprint density at radius 2 is 1.43 bits per heavy atom. The van der Waals surface area contributed by atoms with Gasteiger partial charge in [0.1, 0.15) is 17.3 Å². The number of alkyl halides is 6. The van der Waals surface area contributed by atoms with Gasteiger partial charge in [-0.15, -0.1) is 0 Å². The maximum atomic E-state index is 13.7. The number of aromatic nitrogens is 2. The largest absolute Gasteiger partial charge is 0.463 e. The fourth-order valence-electron chi connectivity index (χ4n) is 3.85. The van der Waals surface area contributed by atoms with E-state index in [1.54, 1.807) is 0 Å². The van der Waals surface area contributed by atoms with Crippen LogP contribution < -0.4 is 14.4 Å². The molecule has 1 heterocycles. The van der Waals surface area contributed by atoms with E-state index < -0.39 is 46.2 Å². The number of nitrogens with zero attached hydrogens (tertiary/aromatic N) is 4. The maximum Gasteiger partial charge on any atom is 0.416 e. The van der Waals surface area contributed by atoms with E-state index in [0.717, 1.165) is 23.6 Å². The smallest absolute Gasteiger partial charge is 0.416 e. The monoisotopic (exact) mass is 602 g/mol. The number of amides is 1. The molecule has 2 aromatic carbocycles. The summed E-state index contributed by atoms with van der Waals surface area (Å²) in [4.78, 5) is 24.9. The Bertz CT molecular complexity index is 1360. The Morgan fingerprint density at radius 1 is 0.881 bits per heavy atom. The van der Waals surface area contributed by atoms with Crippen molar-refractivity contribution in [3.05, 3.63) is 71.2 Å². The lowest BCUT2D eigenvalue weighted by atomic mass is 9.81. The van der Waals surface area contributed by atoms with Gasteiger partial charge in [-0.1, -0.05) is 0 Å². The van der Waals surface area contributed by atoms with Gasteiger partial charge in [0.05, 0.1) is 29.3 Å². The molecular weight excluding hydrogens is 573 g/mol. The number of halogens is 7. The normalized spacial score (nSPS) is 12.4. The Balaban J connectivity index is 2.01. The number of rotatable bonds is 10. The molecule has 0 unspecified atom stereocenters. The van der Waals surface area contributed by atoms with E-state index >= 15 is 0 Å². The molecule has 0 radical (unpaired) electrons. The first kappa shape index (κ1) is 32.6. The van der Waals surface area contributed by atoms with Crippen LogP contribution in [0.1, 0.15) is 37.0 Å². The SMILES string of the molecule is CN(C)CCCOc1ncc(N(C)C(=O)C(C)(C)c2cc(C(F)(F)F)cc(C(F)(F)F)c2)c(Oc2ccc(F)cc2)n1. The van der Waals surface area contributed by atoms with Crippen LogP contribution in [0.3, 0.4) is 0 Å². The van der Waals surface area contributed by atoms with E-state index in [0.29, 0.717) is 18.6 Å². The van der Waals surface area contributed by atoms with Crippen molar-refractivity contribution >= 4 is 11.6 Å². The van der Waals surface area contributed by atoms with E-state index in [1.807, 2.05) is 19.0 Å². The number of anilines is 1. The van der Waals surface area contributed by atoms with Crippen molar-refractivity contribution in [2.75, 3.05) is 39.2 Å². The molecule has 228 valence electrons. The molecule has 42 heavy (non-hydrogen) atoms. The molecule has 0 N–H and O–H groups in total. The van der Waals surface area contributed by atoms with Crippen molar-refractivity contribution < 1.29 is 45.0 Å². The number of ether oxygens (including phenoxy) is 2. The number of benzene rings is 2. The fraction of sp³-hybridized carbons (Fsp3) is 0.393. The molecule has 1 amide bonds. The number of likely N-dealkylation sites (N-methyl/N-ethyl adjacent to an activating group) is 1. The lowest BCUT2D eigenvalue weighted by Gasteiger charge is -2.31. The van der Waals surface area contributed by atoms with Crippen LogP contribution in [-0.4, -0.2) is 55.1 Å². The van der Waals surface area contributed by atoms with Gasteiger partial charge >= 0.3 is 18.4 Å². The molecule has 0 fully saturated rings. The van der Waals surface area contributed by atoms with Gasteiger partial charge in [-0.05, 0) is 82.4 Å². The molecule has 0 bridgehead atoms. The van der Waals surface area contributed by atoms with Crippen LogP contribution in [0.4, 0.5) is 36.4 Å². The van der Waals surface area contributed by atoms with E-state index in [2.05, 4.69) is 9.97 Å².